The summed E-state index contributed by atoms with van der Waals surface area (Å²) in [7, 11) is -2.53. The summed E-state index contributed by atoms with van der Waals surface area (Å²) in [6, 6.07) is 8.87. The van der Waals surface area contributed by atoms with Crippen LogP contribution < -0.4 is 10.0 Å². The Balaban J connectivity index is 1.76. The number of hydrogen-bond donors (Lipinski definition) is 2. The van der Waals surface area contributed by atoms with Crippen LogP contribution in [0.3, 0.4) is 0 Å². The Kier molecular flexibility index (Phi) is 7.05. The van der Waals surface area contributed by atoms with E-state index < -0.39 is 41.0 Å². The maximum absolute atomic E-state index is 11.9. The molecule has 0 unspecified atom stereocenters. The Morgan fingerprint density at radius 3 is 2.41 bits per heavy atom. The van der Waals surface area contributed by atoms with Crippen molar-refractivity contribution in [1.29, 1.82) is 0 Å². The Bertz CT molecular complexity index is 907. The van der Waals surface area contributed by atoms with E-state index in [1.54, 1.807) is 11.4 Å². The van der Waals surface area contributed by atoms with Gasteiger partial charge in [0.2, 0.25) is 0 Å². The van der Waals surface area contributed by atoms with Crippen molar-refractivity contribution in [3.8, 4) is 0 Å². The average Bonchev–Trinajstić information content (AvgIpc) is 3.20. The molecule has 27 heavy (non-hydrogen) atoms. The molecule has 11 heteroatoms. The molecule has 0 saturated heterocycles. The van der Waals surface area contributed by atoms with E-state index in [-0.39, 0.29) is 4.21 Å². The van der Waals surface area contributed by atoms with E-state index in [1.807, 2.05) is 0 Å². The summed E-state index contributed by atoms with van der Waals surface area (Å²) < 4.78 is 35.1. The number of amides is 1. The Hall–Kier alpha value is -2.76. The van der Waals surface area contributed by atoms with E-state index in [2.05, 4.69) is 14.8 Å². The standard InChI is InChI=1S/C16H16N2O7S2/c1-24-16(21)11-4-6-12(7-5-11)18-13(19)10-25-14(20)9-17-27(22,23)15-3-2-8-26-15/h2-8,17H,9-10H2,1H3,(H,18,19). The highest BCUT2D eigenvalue weighted by atomic mass is 32.2. The monoisotopic (exact) mass is 412 g/mol. The molecule has 0 aliphatic heterocycles. The molecule has 1 aromatic carbocycles. The minimum atomic E-state index is -3.78. The molecule has 0 aliphatic rings. The van der Waals surface area contributed by atoms with Crippen molar-refractivity contribution < 1.29 is 32.3 Å². The van der Waals surface area contributed by atoms with E-state index in [9.17, 15) is 22.8 Å². The van der Waals surface area contributed by atoms with Crippen LogP contribution in [0.4, 0.5) is 5.69 Å². The molecule has 0 spiro atoms. The van der Waals surface area contributed by atoms with Crippen LogP contribution in [-0.4, -0.2) is 46.5 Å². The molecule has 1 aromatic heterocycles. The van der Waals surface area contributed by atoms with E-state index in [0.29, 0.717) is 11.3 Å². The third kappa shape index (κ3) is 6.16. The third-order valence-corrected chi connectivity index (χ3v) is 5.92. The van der Waals surface area contributed by atoms with E-state index in [4.69, 9.17) is 4.74 Å². The van der Waals surface area contributed by atoms with Crippen LogP contribution in [0.25, 0.3) is 0 Å². The fourth-order valence-corrected chi connectivity index (χ4v) is 3.85. The van der Waals surface area contributed by atoms with E-state index in [0.717, 1.165) is 11.3 Å². The number of benzene rings is 1. The summed E-state index contributed by atoms with van der Waals surface area (Å²) in [5, 5.41) is 4.06. The second-order valence-electron chi connectivity index (χ2n) is 5.03. The predicted octanol–water partition coefficient (Wildman–Crippen LogP) is 0.995. The summed E-state index contributed by atoms with van der Waals surface area (Å²) in [5.74, 6) is -2.02. The maximum Gasteiger partial charge on any atom is 0.337 e. The summed E-state index contributed by atoms with van der Waals surface area (Å²) >= 11 is 1.01. The highest BCUT2D eigenvalue weighted by molar-refractivity contribution is 7.91. The van der Waals surface area contributed by atoms with Crippen LogP contribution in [0.15, 0.2) is 46.0 Å². The molecule has 0 atom stereocenters. The minimum absolute atomic E-state index is 0.0726. The van der Waals surface area contributed by atoms with Gasteiger partial charge in [0.1, 0.15) is 10.8 Å². The first-order chi connectivity index (χ1) is 12.8. The average molecular weight is 412 g/mol. The number of ether oxygens (including phenoxy) is 2. The number of thiophene rings is 1. The Labute approximate surface area is 159 Å². The lowest BCUT2D eigenvalue weighted by molar-refractivity contribution is -0.146. The molecule has 0 aliphatic carbocycles. The van der Waals surface area contributed by atoms with Crippen LogP contribution in [-0.2, 0) is 29.1 Å². The lowest BCUT2D eigenvalue weighted by Crippen LogP contribution is -2.32. The number of carbonyl (C=O) groups excluding carboxylic acids is 3. The number of nitrogens with one attached hydrogen (secondary N) is 2. The van der Waals surface area contributed by atoms with Gasteiger partial charge in [-0.25, -0.2) is 13.2 Å². The van der Waals surface area contributed by atoms with Gasteiger partial charge in [0.15, 0.2) is 6.61 Å². The maximum atomic E-state index is 11.9. The highest BCUT2D eigenvalue weighted by Gasteiger charge is 2.17. The van der Waals surface area contributed by atoms with Crippen molar-refractivity contribution in [3.63, 3.8) is 0 Å². The SMILES string of the molecule is COC(=O)c1ccc(NC(=O)COC(=O)CNS(=O)(=O)c2cccs2)cc1. The smallest absolute Gasteiger partial charge is 0.337 e. The van der Waals surface area contributed by atoms with Gasteiger partial charge < -0.3 is 14.8 Å². The van der Waals surface area contributed by atoms with Gasteiger partial charge in [-0.15, -0.1) is 11.3 Å². The fraction of sp³-hybridized carbons (Fsp3) is 0.188. The van der Waals surface area contributed by atoms with Crippen molar-refractivity contribution in [2.24, 2.45) is 0 Å². The van der Waals surface area contributed by atoms with Gasteiger partial charge >= 0.3 is 11.9 Å². The Morgan fingerprint density at radius 1 is 1.11 bits per heavy atom. The normalized spacial score (nSPS) is 10.9. The topological polar surface area (TPSA) is 128 Å². The van der Waals surface area contributed by atoms with Crippen LogP contribution in [0.1, 0.15) is 10.4 Å². The summed E-state index contributed by atoms with van der Waals surface area (Å²) in [4.78, 5) is 34.7. The molecule has 1 heterocycles. The number of anilines is 1. The van der Waals surface area contributed by atoms with Gasteiger partial charge in [-0.05, 0) is 35.7 Å². The first kappa shape index (κ1) is 20.6. The number of methoxy groups -OCH3 is 1. The molecule has 0 fully saturated rings. The molecule has 0 bridgehead atoms. The summed E-state index contributed by atoms with van der Waals surface area (Å²) in [6.07, 6.45) is 0. The largest absolute Gasteiger partial charge is 0.465 e. The van der Waals surface area contributed by atoms with Gasteiger partial charge in [0.05, 0.1) is 12.7 Å². The van der Waals surface area contributed by atoms with Gasteiger partial charge in [0.25, 0.3) is 15.9 Å². The number of hydrogen-bond acceptors (Lipinski definition) is 8. The lowest BCUT2D eigenvalue weighted by Gasteiger charge is -2.08. The van der Waals surface area contributed by atoms with E-state index >= 15 is 0 Å². The van der Waals surface area contributed by atoms with Gasteiger partial charge in [0, 0.05) is 5.69 Å². The molecule has 9 nitrogen and oxygen atoms in total. The van der Waals surface area contributed by atoms with Crippen molar-refractivity contribution >= 4 is 44.9 Å². The third-order valence-electron chi connectivity index (χ3n) is 3.12. The first-order valence-electron chi connectivity index (χ1n) is 7.49. The van der Waals surface area contributed by atoms with Gasteiger partial charge in [-0.3, -0.25) is 9.59 Å². The van der Waals surface area contributed by atoms with Gasteiger partial charge in [-0.1, -0.05) is 6.07 Å². The number of esters is 2. The zero-order chi connectivity index (χ0) is 19.9. The van der Waals surface area contributed by atoms with Crippen LogP contribution in [0, 0.1) is 0 Å². The Morgan fingerprint density at radius 2 is 1.81 bits per heavy atom. The van der Waals surface area contributed by atoms with E-state index in [1.165, 1.54) is 37.4 Å². The number of sulfonamides is 1. The number of carbonyl (C=O) groups is 3. The zero-order valence-electron chi connectivity index (χ0n) is 14.1. The summed E-state index contributed by atoms with van der Waals surface area (Å²) in [5.41, 5.74) is 0.710. The van der Waals surface area contributed by atoms with Crippen molar-refractivity contribution in [3.05, 3.63) is 47.3 Å². The fourth-order valence-electron chi connectivity index (χ4n) is 1.84. The van der Waals surface area contributed by atoms with Crippen LogP contribution in [0.5, 0.6) is 0 Å². The molecule has 2 aromatic rings. The van der Waals surface area contributed by atoms with Crippen LogP contribution in [0.2, 0.25) is 0 Å². The number of rotatable bonds is 8. The molecular formula is C16H16N2O7S2. The molecule has 2 N–H and O–H groups in total. The highest BCUT2D eigenvalue weighted by Crippen LogP contribution is 2.15. The second kappa shape index (κ2) is 9.26. The van der Waals surface area contributed by atoms with Crippen molar-refractivity contribution in [2.75, 3.05) is 25.6 Å². The quantitative estimate of drug-likeness (QED) is 0.619. The second-order valence-corrected chi connectivity index (χ2v) is 7.98. The predicted molar refractivity (Wildman–Crippen MR) is 96.9 cm³/mol. The molecule has 0 radical (unpaired) electrons. The molecule has 1 amide bonds. The zero-order valence-corrected chi connectivity index (χ0v) is 15.8. The first-order valence-corrected chi connectivity index (χ1v) is 9.85. The van der Waals surface area contributed by atoms with Crippen LogP contribution >= 0.6 is 11.3 Å². The molecular weight excluding hydrogens is 396 g/mol. The molecule has 144 valence electrons. The van der Waals surface area contributed by atoms with Crippen molar-refractivity contribution in [2.45, 2.75) is 4.21 Å². The minimum Gasteiger partial charge on any atom is -0.465 e. The molecule has 2 rings (SSSR count). The van der Waals surface area contributed by atoms with Gasteiger partial charge in [-0.2, -0.15) is 4.72 Å². The summed E-state index contributed by atoms with van der Waals surface area (Å²) in [6.45, 7) is -1.18. The molecule has 0 saturated carbocycles. The lowest BCUT2D eigenvalue weighted by atomic mass is 10.2. The van der Waals surface area contributed by atoms with Crippen molar-refractivity contribution in [1.82, 2.24) is 4.72 Å².